The Morgan fingerprint density at radius 2 is 1.85 bits per heavy atom. The molecule has 1 aliphatic rings. The molecule has 7 nitrogen and oxygen atoms in total. The molecule has 0 unspecified atom stereocenters. The molecule has 3 aromatic rings. The number of amides is 1. The Labute approximate surface area is 195 Å². The SMILES string of the molecule is CC(C)N(Cc1ccccc1)C(=O)CN1CCC(c2ccc(Nc3cnccn3)cn2)CC1. The average Bonchev–Trinajstić information content (AvgIpc) is 2.84. The van der Waals surface area contributed by atoms with Gasteiger partial charge in [0.2, 0.25) is 5.91 Å². The van der Waals surface area contributed by atoms with Gasteiger partial charge >= 0.3 is 0 Å². The van der Waals surface area contributed by atoms with Gasteiger partial charge in [0.25, 0.3) is 0 Å². The lowest BCUT2D eigenvalue weighted by molar-refractivity contribution is -0.135. The Kier molecular flexibility index (Phi) is 7.62. The first kappa shape index (κ1) is 22.9. The number of anilines is 2. The Bertz CT molecular complexity index is 1000. The van der Waals surface area contributed by atoms with E-state index in [-0.39, 0.29) is 11.9 Å². The summed E-state index contributed by atoms with van der Waals surface area (Å²) in [5.74, 6) is 1.32. The molecule has 0 spiro atoms. The quantitative estimate of drug-likeness (QED) is 0.560. The summed E-state index contributed by atoms with van der Waals surface area (Å²) in [6.45, 7) is 7.13. The minimum absolute atomic E-state index is 0.174. The maximum Gasteiger partial charge on any atom is 0.237 e. The fourth-order valence-corrected chi connectivity index (χ4v) is 4.24. The molecule has 1 N–H and O–H groups in total. The van der Waals surface area contributed by atoms with Crippen LogP contribution in [0, 0.1) is 0 Å². The predicted molar refractivity (Wildman–Crippen MR) is 130 cm³/mol. The number of aromatic nitrogens is 3. The standard InChI is InChI=1S/C26H32N6O/c1-20(2)32(18-21-6-4-3-5-7-21)26(33)19-31-14-10-22(11-15-31)24-9-8-23(16-29-24)30-25-17-27-12-13-28-25/h3-9,12-13,16-17,20,22H,10-11,14-15,18-19H2,1-2H3,(H,28,30). The molecule has 0 aliphatic carbocycles. The monoisotopic (exact) mass is 444 g/mol. The number of hydrogen-bond acceptors (Lipinski definition) is 6. The van der Waals surface area contributed by atoms with Crippen molar-refractivity contribution in [3.8, 4) is 0 Å². The lowest BCUT2D eigenvalue weighted by Crippen LogP contribution is -2.45. The highest BCUT2D eigenvalue weighted by molar-refractivity contribution is 5.78. The van der Waals surface area contributed by atoms with Crippen molar-refractivity contribution in [2.24, 2.45) is 0 Å². The number of pyridine rings is 1. The molecule has 172 valence electrons. The highest BCUT2D eigenvalue weighted by Gasteiger charge is 2.25. The van der Waals surface area contributed by atoms with Crippen LogP contribution in [-0.4, -0.2) is 56.3 Å². The van der Waals surface area contributed by atoms with Crippen molar-refractivity contribution in [3.63, 3.8) is 0 Å². The van der Waals surface area contributed by atoms with Gasteiger partial charge in [-0.1, -0.05) is 30.3 Å². The topological polar surface area (TPSA) is 74.2 Å². The van der Waals surface area contributed by atoms with Gasteiger partial charge in [0, 0.05) is 36.6 Å². The molecule has 3 heterocycles. The number of carbonyl (C=O) groups is 1. The molecule has 33 heavy (non-hydrogen) atoms. The van der Waals surface area contributed by atoms with Gasteiger partial charge in [0.1, 0.15) is 5.82 Å². The van der Waals surface area contributed by atoms with Crippen LogP contribution < -0.4 is 5.32 Å². The lowest BCUT2D eigenvalue weighted by atomic mass is 9.93. The number of carbonyl (C=O) groups excluding carboxylic acids is 1. The van der Waals surface area contributed by atoms with Gasteiger partial charge in [-0.15, -0.1) is 0 Å². The van der Waals surface area contributed by atoms with E-state index in [9.17, 15) is 4.79 Å². The van der Waals surface area contributed by atoms with Gasteiger partial charge in [0.15, 0.2) is 0 Å². The summed E-state index contributed by atoms with van der Waals surface area (Å²) in [5.41, 5.74) is 3.18. The number of nitrogens with zero attached hydrogens (tertiary/aromatic N) is 5. The highest BCUT2D eigenvalue weighted by atomic mass is 16.2. The second-order valence-corrected chi connectivity index (χ2v) is 8.84. The number of rotatable bonds is 8. The van der Waals surface area contributed by atoms with Crippen LogP contribution in [0.1, 0.15) is 43.9 Å². The average molecular weight is 445 g/mol. The van der Waals surface area contributed by atoms with E-state index in [1.807, 2.05) is 35.4 Å². The van der Waals surface area contributed by atoms with Crippen molar-refractivity contribution in [3.05, 3.63) is 78.5 Å². The minimum atomic E-state index is 0.174. The third-order valence-electron chi connectivity index (χ3n) is 6.13. The van der Waals surface area contributed by atoms with Crippen molar-refractivity contribution in [2.75, 3.05) is 25.0 Å². The van der Waals surface area contributed by atoms with Crippen molar-refractivity contribution < 1.29 is 4.79 Å². The zero-order valence-electron chi connectivity index (χ0n) is 19.4. The maximum absolute atomic E-state index is 13.1. The molecule has 7 heteroatoms. The fraction of sp³-hybridized carbons (Fsp3) is 0.385. The largest absolute Gasteiger partial charge is 0.338 e. The lowest BCUT2D eigenvalue weighted by Gasteiger charge is -2.34. The normalized spacial score (nSPS) is 14.9. The second-order valence-electron chi connectivity index (χ2n) is 8.84. The molecule has 1 aromatic carbocycles. The van der Waals surface area contributed by atoms with Crippen LogP contribution in [0.25, 0.3) is 0 Å². The van der Waals surface area contributed by atoms with E-state index in [4.69, 9.17) is 0 Å². The number of hydrogen-bond donors (Lipinski definition) is 1. The van der Waals surface area contributed by atoms with E-state index in [0.29, 0.717) is 24.8 Å². The van der Waals surface area contributed by atoms with Crippen molar-refractivity contribution in [2.45, 2.75) is 45.2 Å². The Balaban J connectivity index is 1.28. The smallest absolute Gasteiger partial charge is 0.237 e. The molecule has 0 radical (unpaired) electrons. The van der Waals surface area contributed by atoms with Gasteiger partial charge in [-0.3, -0.25) is 19.7 Å². The highest BCUT2D eigenvalue weighted by Crippen LogP contribution is 2.27. The number of piperidine rings is 1. The van der Waals surface area contributed by atoms with Crippen LogP contribution >= 0.6 is 0 Å². The van der Waals surface area contributed by atoms with E-state index in [1.165, 1.54) is 5.56 Å². The van der Waals surface area contributed by atoms with Crippen molar-refractivity contribution in [1.82, 2.24) is 24.8 Å². The summed E-state index contributed by atoms with van der Waals surface area (Å²) in [6.07, 6.45) is 8.87. The zero-order chi connectivity index (χ0) is 23.0. The zero-order valence-corrected chi connectivity index (χ0v) is 19.4. The first-order valence-electron chi connectivity index (χ1n) is 11.6. The number of benzene rings is 1. The molecule has 2 aromatic heterocycles. The molecule has 1 aliphatic heterocycles. The van der Waals surface area contributed by atoms with Crippen LogP contribution in [0.2, 0.25) is 0 Å². The second kappa shape index (κ2) is 11.0. The molecule has 0 atom stereocenters. The van der Waals surface area contributed by atoms with E-state index in [0.717, 1.165) is 37.3 Å². The molecule has 0 bridgehead atoms. The van der Waals surface area contributed by atoms with Crippen LogP contribution in [0.5, 0.6) is 0 Å². The third-order valence-corrected chi connectivity index (χ3v) is 6.13. The van der Waals surface area contributed by atoms with E-state index in [2.05, 4.69) is 57.2 Å². The predicted octanol–water partition coefficient (Wildman–Crippen LogP) is 4.23. The van der Waals surface area contributed by atoms with E-state index < -0.39 is 0 Å². The Morgan fingerprint density at radius 1 is 1.06 bits per heavy atom. The first-order valence-corrected chi connectivity index (χ1v) is 11.6. The van der Waals surface area contributed by atoms with Crippen molar-refractivity contribution in [1.29, 1.82) is 0 Å². The fourth-order valence-electron chi connectivity index (χ4n) is 4.24. The summed E-state index contributed by atoms with van der Waals surface area (Å²) in [5, 5.41) is 3.21. The maximum atomic E-state index is 13.1. The summed E-state index contributed by atoms with van der Waals surface area (Å²) in [6, 6.07) is 14.5. The molecular formula is C26H32N6O. The molecule has 1 saturated heterocycles. The summed E-state index contributed by atoms with van der Waals surface area (Å²) >= 11 is 0. The third kappa shape index (κ3) is 6.35. The summed E-state index contributed by atoms with van der Waals surface area (Å²) in [7, 11) is 0. The first-order chi connectivity index (χ1) is 16.1. The van der Waals surface area contributed by atoms with E-state index in [1.54, 1.807) is 18.6 Å². The molecule has 1 fully saturated rings. The van der Waals surface area contributed by atoms with Gasteiger partial charge < -0.3 is 10.2 Å². The van der Waals surface area contributed by atoms with Crippen LogP contribution in [0.15, 0.2) is 67.3 Å². The van der Waals surface area contributed by atoms with Crippen molar-refractivity contribution >= 4 is 17.4 Å². The van der Waals surface area contributed by atoms with Gasteiger partial charge in [-0.25, -0.2) is 4.98 Å². The Hall–Kier alpha value is -3.32. The van der Waals surface area contributed by atoms with Crippen LogP contribution in [-0.2, 0) is 11.3 Å². The molecule has 4 rings (SSSR count). The van der Waals surface area contributed by atoms with Gasteiger partial charge in [-0.2, -0.15) is 0 Å². The molecule has 0 saturated carbocycles. The minimum Gasteiger partial charge on any atom is -0.338 e. The molecular weight excluding hydrogens is 412 g/mol. The van der Waals surface area contributed by atoms with E-state index >= 15 is 0 Å². The number of nitrogens with one attached hydrogen (secondary N) is 1. The van der Waals surface area contributed by atoms with Gasteiger partial charge in [0.05, 0.1) is 24.6 Å². The van der Waals surface area contributed by atoms with Crippen LogP contribution in [0.4, 0.5) is 11.5 Å². The van der Waals surface area contributed by atoms with Crippen LogP contribution in [0.3, 0.4) is 0 Å². The summed E-state index contributed by atoms with van der Waals surface area (Å²) in [4.78, 5) is 30.3. The number of likely N-dealkylation sites (tertiary alicyclic amines) is 1. The van der Waals surface area contributed by atoms with Gasteiger partial charge in [-0.05, 0) is 57.5 Å². The summed E-state index contributed by atoms with van der Waals surface area (Å²) < 4.78 is 0. The molecule has 1 amide bonds. The Morgan fingerprint density at radius 3 is 2.48 bits per heavy atom.